The second-order valence-electron chi connectivity index (χ2n) is 6.17. The predicted octanol–water partition coefficient (Wildman–Crippen LogP) is 1.64. The largest absolute Gasteiger partial charge is 0.469 e. The van der Waals surface area contributed by atoms with Crippen LogP contribution in [0.1, 0.15) is 43.6 Å². The van der Waals surface area contributed by atoms with Gasteiger partial charge in [-0.05, 0) is 25.7 Å². The minimum Gasteiger partial charge on any atom is -0.469 e. The highest BCUT2D eigenvalue weighted by Gasteiger charge is 2.29. The van der Waals surface area contributed by atoms with Crippen molar-refractivity contribution in [1.82, 2.24) is 20.0 Å². The van der Waals surface area contributed by atoms with Crippen LogP contribution in [0, 0.1) is 5.92 Å². The number of piperidine rings is 1. The molecule has 2 rings (SSSR count). The topological polar surface area (TPSA) is 76.5 Å². The molecule has 1 aliphatic heterocycles. The highest BCUT2D eigenvalue weighted by atomic mass is 16.5. The standard InChI is InChI=1S/C17H28N4O3/c1-5-14-13(15(6-2)20(3)19-14)10-18-17(23)21-9-7-8-12(11-21)16(22)24-4/h12H,5-11H2,1-4H3,(H,18,23)/t12-/m0/s1. The number of rotatable bonds is 5. The van der Waals surface area contributed by atoms with Crippen LogP contribution in [0.5, 0.6) is 0 Å². The maximum absolute atomic E-state index is 12.5. The lowest BCUT2D eigenvalue weighted by Crippen LogP contribution is -2.47. The van der Waals surface area contributed by atoms with Gasteiger partial charge in [0.1, 0.15) is 0 Å². The molecule has 0 bridgehead atoms. The van der Waals surface area contributed by atoms with Gasteiger partial charge in [0.25, 0.3) is 0 Å². The second kappa shape index (κ2) is 8.17. The van der Waals surface area contributed by atoms with Gasteiger partial charge in [-0.1, -0.05) is 13.8 Å². The van der Waals surface area contributed by atoms with Crippen LogP contribution < -0.4 is 5.32 Å². The first-order chi connectivity index (χ1) is 11.5. The van der Waals surface area contributed by atoms with Gasteiger partial charge in [0.15, 0.2) is 0 Å². The Hall–Kier alpha value is -2.05. The van der Waals surface area contributed by atoms with E-state index < -0.39 is 0 Å². The average molecular weight is 336 g/mol. The Kier molecular flexibility index (Phi) is 6.23. The molecule has 0 aliphatic carbocycles. The highest BCUT2D eigenvalue weighted by molar-refractivity contribution is 5.77. The quantitative estimate of drug-likeness (QED) is 0.829. The number of amides is 2. The van der Waals surface area contributed by atoms with Gasteiger partial charge < -0.3 is 15.0 Å². The first-order valence-electron chi connectivity index (χ1n) is 8.65. The summed E-state index contributed by atoms with van der Waals surface area (Å²) < 4.78 is 6.70. The summed E-state index contributed by atoms with van der Waals surface area (Å²) in [7, 11) is 3.33. The molecule has 1 N–H and O–H groups in total. The molecule has 0 radical (unpaired) electrons. The predicted molar refractivity (Wildman–Crippen MR) is 90.5 cm³/mol. The molecule has 0 unspecified atom stereocenters. The first-order valence-corrected chi connectivity index (χ1v) is 8.65. The molecule has 0 aromatic carbocycles. The molecule has 24 heavy (non-hydrogen) atoms. The summed E-state index contributed by atoms with van der Waals surface area (Å²) in [6, 6.07) is -0.128. The Morgan fingerprint density at radius 2 is 2.08 bits per heavy atom. The van der Waals surface area contributed by atoms with Gasteiger partial charge >= 0.3 is 12.0 Å². The van der Waals surface area contributed by atoms with Crippen molar-refractivity contribution in [3.05, 3.63) is 17.0 Å². The summed E-state index contributed by atoms with van der Waals surface area (Å²) in [6.45, 7) is 5.73. The van der Waals surface area contributed by atoms with E-state index >= 15 is 0 Å². The zero-order chi connectivity index (χ0) is 17.7. The molecule has 1 aliphatic rings. The van der Waals surface area contributed by atoms with Crippen molar-refractivity contribution in [2.24, 2.45) is 13.0 Å². The van der Waals surface area contributed by atoms with Crippen LogP contribution in [0.15, 0.2) is 0 Å². The van der Waals surface area contributed by atoms with Crippen LogP contribution in [0.2, 0.25) is 0 Å². The third-order valence-corrected chi connectivity index (χ3v) is 4.69. The number of esters is 1. The molecule has 7 heteroatoms. The Labute approximate surface area is 143 Å². The first kappa shape index (κ1) is 18.3. The number of hydrogen-bond donors (Lipinski definition) is 1. The van der Waals surface area contributed by atoms with Crippen LogP contribution in [0.25, 0.3) is 0 Å². The molecule has 2 heterocycles. The van der Waals surface area contributed by atoms with E-state index in [0.717, 1.165) is 42.6 Å². The summed E-state index contributed by atoms with van der Waals surface area (Å²) >= 11 is 0. The Balaban J connectivity index is 1.99. The van der Waals surface area contributed by atoms with E-state index in [1.165, 1.54) is 7.11 Å². The zero-order valence-corrected chi connectivity index (χ0v) is 15.1. The molecule has 7 nitrogen and oxygen atoms in total. The number of hydrogen-bond acceptors (Lipinski definition) is 4. The van der Waals surface area contributed by atoms with Gasteiger partial charge in [-0.25, -0.2) is 4.79 Å². The number of aromatic nitrogens is 2. The van der Waals surface area contributed by atoms with Gasteiger partial charge in [0, 0.05) is 37.9 Å². The summed E-state index contributed by atoms with van der Waals surface area (Å²) in [5, 5.41) is 7.52. The number of urea groups is 1. The smallest absolute Gasteiger partial charge is 0.317 e. The number of ether oxygens (including phenoxy) is 1. The van der Waals surface area contributed by atoms with Crippen LogP contribution in [-0.4, -0.2) is 46.9 Å². The summed E-state index contributed by atoms with van der Waals surface area (Å²) in [4.78, 5) is 25.9. The van der Waals surface area contributed by atoms with Crippen LogP contribution >= 0.6 is 0 Å². The normalized spacial score (nSPS) is 17.7. The number of likely N-dealkylation sites (tertiary alicyclic amines) is 1. The fourth-order valence-electron chi connectivity index (χ4n) is 3.39. The van der Waals surface area contributed by atoms with Crippen molar-refractivity contribution in [3.63, 3.8) is 0 Å². The van der Waals surface area contributed by atoms with Crippen molar-refractivity contribution >= 4 is 12.0 Å². The minimum atomic E-state index is -0.235. The maximum Gasteiger partial charge on any atom is 0.317 e. The number of methoxy groups -OCH3 is 1. The lowest BCUT2D eigenvalue weighted by atomic mass is 9.98. The molecule has 1 atom stereocenters. The van der Waals surface area contributed by atoms with E-state index in [0.29, 0.717) is 19.6 Å². The summed E-state index contributed by atoms with van der Waals surface area (Å²) in [5.41, 5.74) is 3.29. The fourth-order valence-corrected chi connectivity index (χ4v) is 3.39. The van der Waals surface area contributed by atoms with Crippen LogP contribution in [-0.2, 0) is 36.0 Å². The number of carbonyl (C=O) groups excluding carboxylic acids is 2. The van der Waals surface area contributed by atoms with Gasteiger partial charge in [0.2, 0.25) is 0 Å². The molecule has 0 saturated carbocycles. The molecular weight excluding hydrogens is 308 g/mol. The molecule has 1 fully saturated rings. The average Bonchev–Trinajstić information content (AvgIpc) is 2.93. The molecule has 1 saturated heterocycles. The van der Waals surface area contributed by atoms with E-state index in [4.69, 9.17) is 4.74 Å². The van der Waals surface area contributed by atoms with E-state index in [1.54, 1.807) is 4.90 Å². The third-order valence-electron chi connectivity index (χ3n) is 4.69. The molecule has 0 spiro atoms. The Morgan fingerprint density at radius 1 is 1.33 bits per heavy atom. The van der Waals surface area contributed by atoms with Crippen LogP contribution in [0.3, 0.4) is 0 Å². The zero-order valence-electron chi connectivity index (χ0n) is 15.1. The maximum atomic E-state index is 12.5. The van der Waals surface area contributed by atoms with E-state index in [1.807, 2.05) is 11.7 Å². The van der Waals surface area contributed by atoms with Crippen molar-refractivity contribution < 1.29 is 14.3 Å². The molecule has 134 valence electrons. The molecular formula is C17H28N4O3. The van der Waals surface area contributed by atoms with Gasteiger partial charge in [-0.3, -0.25) is 9.48 Å². The molecule has 1 aromatic heterocycles. The fraction of sp³-hybridized carbons (Fsp3) is 0.706. The monoisotopic (exact) mass is 336 g/mol. The number of nitrogens with one attached hydrogen (secondary N) is 1. The lowest BCUT2D eigenvalue weighted by Gasteiger charge is -2.31. The van der Waals surface area contributed by atoms with Crippen molar-refractivity contribution in [1.29, 1.82) is 0 Å². The number of nitrogens with zero attached hydrogens (tertiary/aromatic N) is 3. The van der Waals surface area contributed by atoms with Crippen molar-refractivity contribution in [2.75, 3.05) is 20.2 Å². The number of aryl methyl sites for hydroxylation is 2. The molecule has 2 amide bonds. The van der Waals surface area contributed by atoms with Crippen molar-refractivity contribution in [2.45, 2.75) is 46.1 Å². The Bertz CT molecular complexity index is 597. The van der Waals surface area contributed by atoms with Gasteiger partial charge in [0.05, 0.1) is 18.7 Å². The second-order valence-corrected chi connectivity index (χ2v) is 6.17. The van der Waals surface area contributed by atoms with Gasteiger partial charge in [-0.15, -0.1) is 0 Å². The molecule has 1 aromatic rings. The SMILES string of the molecule is CCc1nn(C)c(CC)c1CNC(=O)N1CCC[C@H](C(=O)OC)C1. The summed E-state index contributed by atoms with van der Waals surface area (Å²) in [5.74, 6) is -0.452. The highest BCUT2D eigenvalue weighted by Crippen LogP contribution is 2.19. The van der Waals surface area contributed by atoms with Crippen molar-refractivity contribution in [3.8, 4) is 0 Å². The third kappa shape index (κ3) is 3.88. The number of carbonyl (C=O) groups is 2. The van der Waals surface area contributed by atoms with Crippen LogP contribution in [0.4, 0.5) is 4.79 Å². The minimum absolute atomic E-state index is 0.128. The Morgan fingerprint density at radius 3 is 2.71 bits per heavy atom. The van der Waals surface area contributed by atoms with Gasteiger partial charge in [-0.2, -0.15) is 5.10 Å². The van der Waals surface area contributed by atoms with E-state index in [-0.39, 0.29) is 17.9 Å². The van der Waals surface area contributed by atoms with E-state index in [9.17, 15) is 9.59 Å². The van der Waals surface area contributed by atoms with E-state index in [2.05, 4.69) is 24.3 Å². The summed E-state index contributed by atoms with van der Waals surface area (Å²) in [6.07, 6.45) is 3.32. The lowest BCUT2D eigenvalue weighted by molar-refractivity contribution is -0.146.